The Balaban J connectivity index is 1.84. The molecule has 1 aromatic carbocycles. The number of rotatable bonds is 6. The number of amides is 1. The molecule has 0 saturated heterocycles. The maximum atomic E-state index is 12.9. The summed E-state index contributed by atoms with van der Waals surface area (Å²) in [7, 11) is 1.80. The van der Waals surface area contributed by atoms with Crippen LogP contribution in [-0.4, -0.2) is 30.4 Å². The van der Waals surface area contributed by atoms with Crippen molar-refractivity contribution in [1.82, 2.24) is 10.2 Å². The molecule has 0 radical (unpaired) electrons. The highest BCUT2D eigenvalue weighted by Crippen LogP contribution is 2.20. The van der Waals surface area contributed by atoms with E-state index in [1.165, 1.54) is 25.0 Å². The molecule has 1 N–H and O–H groups in total. The third-order valence-electron chi connectivity index (χ3n) is 3.68. The van der Waals surface area contributed by atoms with Crippen LogP contribution in [0.5, 0.6) is 0 Å². The van der Waals surface area contributed by atoms with Gasteiger partial charge in [0.1, 0.15) is 5.82 Å². The SMILES string of the molecule is CC(c1ccc(F)cc1)N(C)C(=O)CCNC1CC1. The van der Waals surface area contributed by atoms with Crippen molar-refractivity contribution in [3.05, 3.63) is 35.6 Å². The average molecular weight is 264 g/mol. The minimum Gasteiger partial charge on any atom is -0.339 e. The summed E-state index contributed by atoms with van der Waals surface area (Å²) in [4.78, 5) is 13.8. The Hall–Kier alpha value is -1.42. The molecule has 0 aromatic heterocycles. The Bertz CT molecular complexity index is 428. The number of halogens is 1. The molecule has 0 aliphatic heterocycles. The first kappa shape index (κ1) is 14.0. The largest absolute Gasteiger partial charge is 0.339 e. The van der Waals surface area contributed by atoms with Crippen molar-refractivity contribution in [1.29, 1.82) is 0 Å². The molecular formula is C15H21FN2O. The van der Waals surface area contributed by atoms with Crippen LogP contribution in [0.4, 0.5) is 4.39 Å². The van der Waals surface area contributed by atoms with Crippen molar-refractivity contribution >= 4 is 5.91 Å². The van der Waals surface area contributed by atoms with E-state index in [-0.39, 0.29) is 17.8 Å². The third-order valence-corrected chi connectivity index (χ3v) is 3.68. The van der Waals surface area contributed by atoms with E-state index >= 15 is 0 Å². The van der Waals surface area contributed by atoms with Crippen molar-refractivity contribution in [3.63, 3.8) is 0 Å². The number of benzene rings is 1. The summed E-state index contributed by atoms with van der Waals surface area (Å²) in [6, 6.07) is 6.91. The van der Waals surface area contributed by atoms with E-state index in [1.54, 1.807) is 24.1 Å². The third kappa shape index (κ3) is 4.03. The lowest BCUT2D eigenvalue weighted by Gasteiger charge is -2.25. The molecule has 1 fully saturated rings. The smallest absolute Gasteiger partial charge is 0.224 e. The number of hydrogen-bond donors (Lipinski definition) is 1. The molecule has 4 heteroatoms. The van der Waals surface area contributed by atoms with Crippen LogP contribution in [0.15, 0.2) is 24.3 Å². The molecule has 1 amide bonds. The Morgan fingerprint density at radius 3 is 2.63 bits per heavy atom. The van der Waals surface area contributed by atoms with E-state index in [1.807, 2.05) is 6.92 Å². The second-order valence-corrected chi connectivity index (χ2v) is 5.21. The van der Waals surface area contributed by atoms with Gasteiger partial charge in [-0.1, -0.05) is 12.1 Å². The molecule has 1 unspecified atom stereocenters. The topological polar surface area (TPSA) is 32.3 Å². The van der Waals surface area contributed by atoms with E-state index in [0.717, 1.165) is 12.1 Å². The van der Waals surface area contributed by atoms with Crippen LogP contribution in [0.2, 0.25) is 0 Å². The maximum Gasteiger partial charge on any atom is 0.224 e. The minimum absolute atomic E-state index is 0.0333. The van der Waals surface area contributed by atoms with Gasteiger partial charge in [0.2, 0.25) is 5.91 Å². The van der Waals surface area contributed by atoms with E-state index < -0.39 is 0 Å². The number of hydrogen-bond acceptors (Lipinski definition) is 2. The maximum absolute atomic E-state index is 12.9. The number of carbonyl (C=O) groups excluding carboxylic acids is 1. The van der Waals surface area contributed by atoms with Crippen LogP contribution in [0.1, 0.15) is 37.8 Å². The van der Waals surface area contributed by atoms with Gasteiger partial charge in [0.15, 0.2) is 0 Å². The van der Waals surface area contributed by atoms with E-state index in [9.17, 15) is 9.18 Å². The van der Waals surface area contributed by atoms with E-state index in [4.69, 9.17) is 0 Å². The fraction of sp³-hybridized carbons (Fsp3) is 0.533. The summed E-state index contributed by atoms with van der Waals surface area (Å²) < 4.78 is 12.9. The molecule has 1 atom stereocenters. The fourth-order valence-corrected chi connectivity index (χ4v) is 2.03. The van der Waals surface area contributed by atoms with Gasteiger partial charge in [-0.25, -0.2) is 4.39 Å². The van der Waals surface area contributed by atoms with Crippen LogP contribution >= 0.6 is 0 Å². The lowest BCUT2D eigenvalue weighted by Crippen LogP contribution is -2.32. The predicted molar refractivity (Wildman–Crippen MR) is 73.2 cm³/mol. The minimum atomic E-state index is -0.251. The molecule has 0 heterocycles. The summed E-state index contributed by atoms with van der Waals surface area (Å²) in [5.41, 5.74) is 0.951. The summed E-state index contributed by atoms with van der Waals surface area (Å²) in [6.07, 6.45) is 2.98. The number of carbonyl (C=O) groups is 1. The van der Waals surface area contributed by atoms with Gasteiger partial charge < -0.3 is 10.2 Å². The summed E-state index contributed by atoms with van der Waals surface area (Å²) in [5.74, 6) is -0.136. The first-order valence-electron chi connectivity index (χ1n) is 6.82. The van der Waals surface area contributed by atoms with Crippen molar-refractivity contribution in [2.45, 2.75) is 38.3 Å². The van der Waals surface area contributed by atoms with Crippen LogP contribution in [0.25, 0.3) is 0 Å². The Morgan fingerprint density at radius 1 is 1.42 bits per heavy atom. The molecule has 1 saturated carbocycles. The molecule has 0 spiro atoms. The highest BCUT2D eigenvalue weighted by atomic mass is 19.1. The molecular weight excluding hydrogens is 243 g/mol. The highest BCUT2D eigenvalue weighted by molar-refractivity contribution is 5.76. The first-order chi connectivity index (χ1) is 9.08. The van der Waals surface area contributed by atoms with Crippen LogP contribution in [-0.2, 0) is 4.79 Å². The summed E-state index contributed by atoms with van der Waals surface area (Å²) >= 11 is 0. The standard InChI is InChI=1S/C15H21FN2O/c1-11(12-3-5-13(16)6-4-12)18(2)15(19)9-10-17-14-7-8-14/h3-6,11,14,17H,7-10H2,1-2H3. The van der Waals surface area contributed by atoms with Gasteiger partial charge in [-0.05, 0) is 37.5 Å². The lowest BCUT2D eigenvalue weighted by molar-refractivity contribution is -0.131. The number of nitrogens with zero attached hydrogens (tertiary/aromatic N) is 1. The molecule has 0 bridgehead atoms. The zero-order chi connectivity index (χ0) is 13.8. The Morgan fingerprint density at radius 2 is 2.05 bits per heavy atom. The van der Waals surface area contributed by atoms with Gasteiger partial charge in [0.25, 0.3) is 0 Å². The second kappa shape index (κ2) is 6.15. The van der Waals surface area contributed by atoms with Gasteiger partial charge in [-0.3, -0.25) is 4.79 Å². The zero-order valence-electron chi connectivity index (χ0n) is 11.5. The summed E-state index contributed by atoms with van der Waals surface area (Å²) in [5, 5.41) is 3.33. The van der Waals surface area contributed by atoms with Crippen LogP contribution in [0, 0.1) is 5.82 Å². The zero-order valence-corrected chi connectivity index (χ0v) is 11.5. The predicted octanol–water partition coefficient (Wildman–Crippen LogP) is 2.49. The van der Waals surface area contributed by atoms with E-state index in [0.29, 0.717) is 12.5 Å². The molecule has 1 aromatic rings. The normalized spacial score (nSPS) is 16.2. The molecule has 3 nitrogen and oxygen atoms in total. The van der Waals surface area contributed by atoms with Crippen molar-refractivity contribution < 1.29 is 9.18 Å². The Kier molecular flexibility index (Phi) is 4.53. The first-order valence-corrected chi connectivity index (χ1v) is 6.82. The summed E-state index contributed by atoms with van der Waals surface area (Å²) in [6.45, 7) is 2.70. The molecule has 2 rings (SSSR count). The van der Waals surface area contributed by atoms with Crippen LogP contribution < -0.4 is 5.32 Å². The van der Waals surface area contributed by atoms with Gasteiger partial charge in [-0.2, -0.15) is 0 Å². The van der Waals surface area contributed by atoms with Crippen LogP contribution in [0.3, 0.4) is 0 Å². The average Bonchev–Trinajstić information content (AvgIpc) is 3.22. The van der Waals surface area contributed by atoms with Crippen molar-refractivity contribution in [2.24, 2.45) is 0 Å². The van der Waals surface area contributed by atoms with Crippen molar-refractivity contribution in [3.8, 4) is 0 Å². The lowest BCUT2D eigenvalue weighted by atomic mass is 10.1. The molecule has 104 valence electrons. The van der Waals surface area contributed by atoms with E-state index in [2.05, 4.69) is 5.32 Å². The van der Waals surface area contributed by atoms with Gasteiger partial charge in [0, 0.05) is 26.1 Å². The quantitative estimate of drug-likeness (QED) is 0.856. The second-order valence-electron chi connectivity index (χ2n) is 5.21. The highest BCUT2D eigenvalue weighted by Gasteiger charge is 2.21. The van der Waals surface area contributed by atoms with Gasteiger partial charge in [0.05, 0.1) is 6.04 Å². The van der Waals surface area contributed by atoms with Gasteiger partial charge in [-0.15, -0.1) is 0 Å². The van der Waals surface area contributed by atoms with Gasteiger partial charge >= 0.3 is 0 Å². The fourth-order valence-electron chi connectivity index (χ4n) is 2.03. The monoisotopic (exact) mass is 264 g/mol. The Labute approximate surface area is 113 Å². The molecule has 1 aliphatic rings. The van der Waals surface area contributed by atoms with Crippen molar-refractivity contribution in [2.75, 3.05) is 13.6 Å². The molecule has 1 aliphatic carbocycles. The molecule has 19 heavy (non-hydrogen) atoms. The number of nitrogens with one attached hydrogen (secondary N) is 1.